The number of amides is 3. The summed E-state index contributed by atoms with van der Waals surface area (Å²) in [5, 5.41) is 0. The number of hydrogen-bond donors (Lipinski definition) is 1. The Labute approximate surface area is 77.5 Å². The van der Waals surface area contributed by atoms with Crippen LogP contribution >= 0.6 is 0 Å². The highest BCUT2D eigenvalue weighted by Crippen LogP contribution is 2.08. The second-order valence-electron chi connectivity index (χ2n) is 3.31. The van der Waals surface area contributed by atoms with E-state index in [0.717, 1.165) is 6.42 Å². The van der Waals surface area contributed by atoms with Gasteiger partial charge in [-0.2, -0.15) is 0 Å². The molecule has 3 amide bonds. The Morgan fingerprint density at radius 2 is 2.15 bits per heavy atom. The minimum Gasteiger partial charge on any atom is -0.326 e. The van der Waals surface area contributed by atoms with Crippen molar-refractivity contribution in [1.82, 2.24) is 9.80 Å². The van der Waals surface area contributed by atoms with E-state index in [4.69, 9.17) is 5.73 Å². The van der Waals surface area contributed by atoms with Crippen molar-refractivity contribution in [1.29, 1.82) is 0 Å². The van der Waals surface area contributed by atoms with Gasteiger partial charge in [-0.1, -0.05) is 6.92 Å². The van der Waals surface area contributed by atoms with Crippen LogP contribution in [0.15, 0.2) is 0 Å². The number of hydrogen-bond acceptors (Lipinski definition) is 3. The molecule has 0 radical (unpaired) electrons. The third-order valence-electron chi connectivity index (χ3n) is 2.17. The highest BCUT2D eigenvalue weighted by molar-refractivity contribution is 6.01. The molecular weight excluding hydrogens is 170 g/mol. The van der Waals surface area contributed by atoms with Crippen LogP contribution in [0.4, 0.5) is 4.79 Å². The molecular formula is C8H15N3O2. The van der Waals surface area contributed by atoms with E-state index in [-0.39, 0.29) is 24.5 Å². The van der Waals surface area contributed by atoms with Gasteiger partial charge in [-0.05, 0) is 6.42 Å². The molecule has 0 aliphatic carbocycles. The molecule has 1 aliphatic heterocycles. The quantitative estimate of drug-likeness (QED) is 0.609. The molecule has 13 heavy (non-hydrogen) atoms. The van der Waals surface area contributed by atoms with Crippen LogP contribution in [-0.4, -0.2) is 47.9 Å². The van der Waals surface area contributed by atoms with E-state index >= 15 is 0 Å². The molecule has 1 rings (SSSR count). The van der Waals surface area contributed by atoms with Gasteiger partial charge in [0.15, 0.2) is 0 Å². The van der Waals surface area contributed by atoms with Crippen molar-refractivity contribution in [3.8, 4) is 0 Å². The molecule has 1 atom stereocenters. The fourth-order valence-corrected chi connectivity index (χ4v) is 1.21. The first-order valence-corrected chi connectivity index (χ1v) is 4.37. The van der Waals surface area contributed by atoms with Crippen LogP contribution in [0.25, 0.3) is 0 Å². The number of urea groups is 1. The molecule has 2 N–H and O–H groups in total. The summed E-state index contributed by atoms with van der Waals surface area (Å²) in [6.45, 7) is 2.44. The molecule has 1 aliphatic rings. The maximum Gasteiger partial charge on any atom is 0.327 e. The van der Waals surface area contributed by atoms with Crippen LogP contribution in [0.5, 0.6) is 0 Å². The van der Waals surface area contributed by atoms with Crippen molar-refractivity contribution in [2.24, 2.45) is 5.73 Å². The van der Waals surface area contributed by atoms with Gasteiger partial charge in [-0.25, -0.2) is 4.79 Å². The minimum absolute atomic E-state index is 0.112. The SMILES string of the molecule is CCC(N)CN1C(=O)CN(C)C1=O. The smallest absolute Gasteiger partial charge is 0.326 e. The predicted octanol–water partition coefficient (Wildman–Crippen LogP) is -0.382. The minimum atomic E-state index is -0.242. The second-order valence-corrected chi connectivity index (χ2v) is 3.31. The summed E-state index contributed by atoms with van der Waals surface area (Å²) in [5.41, 5.74) is 5.66. The topological polar surface area (TPSA) is 66.6 Å². The number of likely N-dealkylation sites (N-methyl/N-ethyl adjacent to an activating group) is 1. The average Bonchev–Trinajstić information content (AvgIpc) is 2.32. The van der Waals surface area contributed by atoms with Gasteiger partial charge in [0.2, 0.25) is 5.91 Å². The van der Waals surface area contributed by atoms with Gasteiger partial charge in [0, 0.05) is 19.6 Å². The van der Waals surface area contributed by atoms with E-state index in [1.54, 1.807) is 7.05 Å². The summed E-state index contributed by atoms with van der Waals surface area (Å²) in [5.74, 6) is -0.156. The lowest BCUT2D eigenvalue weighted by molar-refractivity contribution is -0.125. The Bertz CT molecular complexity index is 229. The number of carbonyl (C=O) groups is 2. The second kappa shape index (κ2) is 3.74. The lowest BCUT2D eigenvalue weighted by Gasteiger charge is -2.17. The summed E-state index contributed by atoms with van der Waals surface area (Å²) in [6, 6.07) is -0.353. The molecule has 5 nitrogen and oxygen atoms in total. The highest BCUT2D eigenvalue weighted by atomic mass is 16.2. The standard InChI is InChI=1S/C8H15N3O2/c1-3-6(9)4-11-7(12)5-10(2)8(11)13/h6H,3-5,9H2,1-2H3. The summed E-state index contributed by atoms with van der Waals surface area (Å²) in [7, 11) is 1.61. The molecule has 0 saturated carbocycles. The van der Waals surface area contributed by atoms with Crippen LogP contribution in [0.3, 0.4) is 0 Å². The first-order valence-electron chi connectivity index (χ1n) is 4.37. The number of rotatable bonds is 3. The molecule has 0 aromatic rings. The van der Waals surface area contributed by atoms with Crippen LogP contribution in [0, 0.1) is 0 Å². The lowest BCUT2D eigenvalue weighted by atomic mass is 10.2. The van der Waals surface area contributed by atoms with E-state index < -0.39 is 0 Å². The largest absolute Gasteiger partial charge is 0.327 e. The zero-order chi connectivity index (χ0) is 10.0. The third kappa shape index (κ3) is 1.98. The van der Waals surface area contributed by atoms with Gasteiger partial charge < -0.3 is 10.6 Å². The van der Waals surface area contributed by atoms with E-state index in [2.05, 4.69) is 0 Å². The summed E-state index contributed by atoms with van der Waals surface area (Å²) < 4.78 is 0. The van der Waals surface area contributed by atoms with E-state index in [9.17, 15) is 9.59 Å². The van der Waals surface area contributed by atoms with Gasteiger partial charge in [0.05, 0.1) is 0 Å². The van der Waals surface area contributed by atoms with Crippen LogP contribution < -0.4 is 5.73 Å². The predicted molar refractivity (Wildman–Crippen MR) is 48.0 cm³/mol. The van der Waals surface area contributed by atoms with E-state index in [1.165, 1.54) is 9.80 Å². The number of nitrogens with zero attached hydrogens (tertiary/aromatic N) is 2. The molecule has 74 valence electrons. The van der Waals surface area contributed by atoms with E-state index in [0.29, 0.717) is 6.54 Å². The normalized spacial score (nSPS) is 19.9. The molecule has 0 spiro atoms. The molecule has 1 unspecified atom stereocenters. The van der Waals surface area contributed by atoms with Crippen LogP contribution in [-0.2, 0) is 4.79 Å². The Morgan fingerprint density at radius 3 is 2.54 bits per heavy atom. The fourth-order valence-electron chi connectivity index (χ4n) is 1.21. The Balaban J connectivity index is 2.59. The van der Waals surface area contributed by atoms with Gasteiger partial charge in [-0.3, -0.25) is 9.69 Å². The zero-order valence-corrected chi connectivity index (χ0v) is 7.99. The van der Waals surface area contributed by atoms with Gasteiger partial charge in [0.25, 0.3) is 0 Å². The summed E-state index contributed by atoms with van der Waals surface area (Å²) >= 11 is 0. The molecule has 1 fully saturated rings. The monoisotopic (exact) mass is 185 g/mol. The average molecular weight is 185 g/mol. The van der Waals surface area contributed by atoms with Crippen molar-refractivity contribution in [2.75, 3.05) is 20.1 Å². The number of nitrogens with two attached hydrogens (primary N) is 1. The Morgan fingerprint density at radius 1 is 1.54 bits per heavy atom. The molecule has 0 aromatic heterocycles. The number of carbonyl (C=O) groups excluding carboxylic acids is 2. The Kier molecular flexibility index (Phi) is 2.87. The van der Waals surface area contributed by atoms with Gasteiger partial charge in [0.1, 0.15) is 6.54 Å². The third-order valence-corrected chi connectivity index (χ3v) is 2.17. The van der Waals surface area contributed by atoms with Crippen molar-refractivity contribution in [2.45, 2.75) is 19.4 Å². The molecule has 1 saturated heterocycles. The fraction of sp³-hybridized carbons (Fsp3) is 0.750. The lowest BCUT2D eigenvalue weighted by Crippen LogP contribution is -2.41. The van der Waals surface area contributed by atoms with Crippen molar-refractivity contribution in [3.05, 3.63) is 0 Å². The maximum atomic E-state index is 11.3. The van der Waals surface area contributed by atoms with E-state index in [1.807, 2.05) is 6.92 Å². The first-order chi connectivity index (χ1) is 6.06. The molecule has 0 aromatic carbocycles. The van der Waals surface area contributed by atoms with Crippen molar-refractivity contribution >= 4 is 11.9 Å². The van der Waals surface area contributed by atoms with Crippen LogP contribution in [0.1, 0.15) is 13.3 Å². The summed E-state index contributed by atoms with van der Waals surface area (Å²) in [4.78, 5) is 25.2. The van der Waals surface area contributed by atoms with Crippen LogP contribution in [0.2, 0.25) is 0 Å². The zero-order valence-electron chi connectivity index (χ0n) is 7.99. The maximum absolute atomic E-state index is 11.3. The summed E-state index contributed by atoms with van der Waals surface area (Å²) in [6.07, 6.45) is 0.765. The van der Waals surface area contributed by atoms with Crippen molar-refractivity contribution < 1.29 is 9.59 Å². The highest BCUT2D eigenvalue weighted by Gasteiger charge is 2.33. The molecule has 0 bridgehead atoms. The van der Waals surface area contributed by atoms with Gasteiger partial charge >= 0.3 is 6.03 Å². The Hall–Kier alpha value is -1.10. The number of imide groups is 1. The molecule has 1 heterocycles. The van der Waals surface area contributed by atoms with Crippen molar-refractivity contribution in [3.63, 3.8) is 0 Å². The van der Waals surface area contributed by atoms with Gasteiger partial charge in [-0.15, -0.1) is 0 Å². The first kappa shape index (κ1) is 9.98. The molecule has 5 heteroatoms.